The average molecular weight is 324 g/mol. The molecule has 0 aliphatic carbocycles. The molecule has 0 aliphatic rings. The van der Waals surface area contributed by atoms with Crippen LogP contribution >= 0.6 is 11.6 Å². The molecule has 1 heterocycles. The van der Waals surface area contributed by atoms with Gasteiger partial charge in [-0.25, -0.2) is 4.98 Å². The lowest BCUT2D eigenvalue weighted by atomic mass is 10.1. The number of oxazole rings is 1. The lowest BCUT2D eigenvalue weighted by molar-refractivity contribution is 0.276. The predicted octanol–water partition coefficient (Wildman–Crippen LogP) is 5.52. The van der Waals surface area contributed by atoms with Gasteiger partial charge in [0.05, 0.1) is 17.8 Å². The van der Waals surface area contributed by atoms with Crippen LogP contribution in [0.25, 0.3) is 11.3 Å². The molecule has 0 atom stereocenters. The number of hydrogen-bond donors (Lipinski definition) is 0. The van der Waals surface area contributed by atoms with Gasteiger partial charge in [0.1, 0.15) is 0 Å². The number of halogens is 1. The van der Waals surface area contributed by atoms with Crippen LogP contribution in [0.1, 0.15) is 26.3 Å². The number of nitrogens with zero attached hydrogens (tertiary/aromatic N) is 1. The average Bonchev–Trinajstić information content (AvgIpc) is 2.88. The minimum absolute atomic E-state index is 0.179. The van der Waals surface area contributed by atoms with E-state index in [1.54, 1.807) is 6.20 Å². The third-order valence-electron chi connectivity index (χ3n) is 4.17. The maximum absolute atomic E-state index is 6.33. The lowest BCUT2D eigenvalue weighted by Crippen LogP contribution is -2.40. The van der Waals surface area contributed by atoms with Crippen LogP contribution in [0, 0.1) is 0 Å². The number of benzene rings is 1. The summed E-state index contributed by atoms with van der Waals surface area (Å²) in [5.74, 6) is 0.675. The number of rotatable bonds is 4. The van der Waals surface area contributed by atoms with Crippen LogP contribution < -0.4 is 0 Å². The number of hydrogen-bond acceptors (Lipinski definition) is 3. The Morgan fingerprint density at radius 2 is 2.00 bits per heavy atom. The van der Waals surface area contributed by atoms with E-state index < -0.39 is 8.32 Å². The summed E-state index contributed by atoms with van der Waals surface area (Å²) in [5, 5.41) is 0.834. The molecule has 5 heteroatoms. The van der Waals surface area contributed by atoms with Crippen LogP contribution in [0.4, 0.5) is 0 Å². The van der Waals surface area contributed by atoms with Crippen molar-refractivity contribution >= 4 is 19.9 Å². The Bertz CT molecular complexity index is 603. The third kappa shape index (κ3) is 3.57. The largest absolute Gasteiger partial charge is 0.443 e. The molecule has 0 N–H and O–H groups in total. The lowest BCUT2D eigenvalue weighted by Gasteiger charge is -2.36. The maximum atomic E-state index is 6.33. The molecule has 114 valence electrons. The maximum Gasteiger partial charge on any atom is 0.192 e. The molecule has 0 spiro atoms. The van der Waals surface area contributed by atoms with Gasteiger partial charge in [-0.3, -0.25) is 0 Å². The summed E-state index contributed by atoms with van der Waals surface area (Å²) in [6, 6.07) is 5.82. The van der Waals surface area contributed by atoms with E-state index in [-0.39, 0.29) is 5.04 Å². The highest BCUT2D eigenvalue weighted by atomic mass is 35.5. The molecule has 1 aromatic heterocycles. The Morgan fingerprint density at radius 1 is 1.29 bits per heavy atom. The molecule has 1 aromatic carbocycles. The van der Waals surface area contributed by atoms with E-state index >= 15 is 0 Å². The Labute approximate surface area is 132 Å². The van der Waals surface area contributed by atoms with E-state index in [0.29, 0.717) is 17.4 Å². The second-order valence-corrected chi connectivity index (χ2v) is 11.9. The molecule has 0 aliphatic heterocycles. The van der Waals surface area contributed by atoms with Gasteiger partial charge in [0.15, 0.2) is 20.5 Å². The summed E-state index contributed by atoms with van der Waals surface area (Å²) < 4.78 is 11.7. The summed E-state index contributed by atoms with van der Waals surface area (Å²) >= 11 is 6.33. The fraction of sp³-hybridized carbons (Fsp3) is 0.438. The monoisotopic (exact) mass is 323 g/mol. The van der Waals surface area contributed by atoms with Crippen molar-refractivity contribution in [1.82, 2.24) is 4.98 Å². The molecular weight excluding hydrogens is 302 g/mol. The highest BCUT2D eigenvalue weighted by Gasteiger charge is 2.37. The number of aromatic nitrogens is 1. The first-order chi connectivity index (χ1) is 9.72. The summed E-state index contributed by atoms with van der Waals surface area (Å²) in [4.78, 5) is 3.97. The van der Waals surface area contributed by atoms with Gasteiger partial charge in [-0.2, -0.15) is 0 Å². The summed E-state index contributed by atoms with van der Waals surface area (Å²) in [6.07, 6.45) is 3.09. The fourth-order valence-corrected chi connectivity index (χ4v) is 3.02. The Morgan fingerprint density at radius 3 is 2.57 bits per heavy atom. The smallest absolute Gasteiger partial charge is 0.192 e. The minimum atomic E-state index is -1.80. The van der Waals surface area contributed by atoms with E-state index in [9.17, 15) is 0 Å². The van der Waals surface area contributed by atoms with Crippen LogP contribution in [0.5, 0.6) is 0 Å². The molecule has 2 aromatic rings. The molecule has 0 bridgehead atoms. The van der Waals surface area contributed by atoms with Crippen molar-refractivity contribution in [2.75, 3.05) is 0 Å². The molecule has 21 heavy (non-hydrogen) atoms. The fourth-order valence-electron chi connectivity index (χ4n) is 1.78. The molecular formula is C16H22ClNO2Si. The third-order valence-corrected chi connectivity index (χ3v) is 8.97. The van der Waals surface area contributed by atoms with Gasteiger partial charge in [0.2, 0.25) is 0 Å². The molecule has 0 amide bonds. The van der Waals surface area contributed by atoms with Crippen molar-refractivity contribution in [3.8, 4) is 11.3 Å². The zero-order valence-corrected chi connectivity index (χ0v) is 15.0. The Balaban J connectivity index is 2.28. The molecule has 0 unspecified atom stereocenters. The summed E-state index contributed by atoms with van der Waals surface area (Å²) in [6.45, 7) is 11.7. The Kier molecular flexibility index (Phi) is 4.61. The van der Waals surface area contributed by atoms with Crippen molar-refractivity contribution in [3.63, 3.8) is 0 Å². The first kappa shape index (κ1) is 16.3. The van der Waals surface area contributed by atoms with E-state index in [2.05, 4.69) is 38.8 Å². The van der Waals surface area contributed by atoms with Crippen LogP contribution in [0.2, 0.25) is 23.2 Å². The Hall–Kier alpha value is -1.10. The van der Waals surface area contributed by atoms with Crippen molar-refractivity contribution < 1.29 is 8.84 Å². The van der Waals surface area contributed by atoms with Crippen LogP contribution in [-0.2, 0) is 11.0 Å². The first-order valence-corrected chi connectivity index (χ1v) is 10.3. The molecule has 3 nitrogen and oxygen atoms in total. The second-order valence-electron chi connectivity index (χ2n) is 6.69. The zero-order chi connectivity index (χ0) is 15.7. The van der Waals surface area contributed by atoms with Crippen molar-refractivity contribution in [1.29, 1.82) is 0 Å². The topological polar surface area (TPSA) is 35.3 Å². The highest BCUT2D eigenvalue weighted by molar-refractivity contribution is 6.74. The van der Waals surface area contributed by atoms with Crippen molar-refractivity contribution in [2.24, 2.45) is 0 Å². The molecule has 0 saturated carbocycles. The molecule has 2 rings (SSSR count). The SMILES string of the molecule is CC(C)(C)[Si](C)(C)OCc1cccc(Cl)c1-c1cnco1. The molecule has 0 radical (unpaired) electrons. The minimum Gasteiger partial charge on any atom is -0.443 e. The first-order valence-electron chi connectivity index (χ1n) is 7.02. The zero-order valence-electron chi connectivity index (χ0n) is 13.2. The van der Waals surface area contributed by atoms with Crippen LogP contribution in [0.15, 0.2) is 35.2 Å². The van der Waals surface area contributed by atoms with Gasteiger partial charge in [0, 0.05) is 5.56 Å². The van der Waals surface area contributed by atoms with Crippen LogP contribution in [0.3, 0.4) is 0 Å². The second kappa shape index (κ2) is 5.95. The standard InChI is InChI=1S/C16H22ClNO2Si/c1-16(2,3)21(4,5)20-10-12-7-6-8-13(17)15(12)14-9-18-11-19-14/h6-9,11H,10H2,1-5H3. The van der Waals surface area contributed by atoms with Gasteiger partial charge in [-0.1, -0.05) is 44.5 Å². The van der Waals surface area contributed by atoms with Crippen LogP contribution in [-0.4, -0.2) is 13.3 Å². The van der Waals surface area contributed by atoms with Gasteiger partial charge >= 0.3 is 0 Å². The van der Waals surface area contributed by atoms with Crippen molar-refractivity contribution in [2.45, 2.75) is 45.5 Å². The van der Waals surface area contributed by atoms with E-state index in [0.717, 1.165) is 11.1 Å². The summed E-state index contributed by atoms with van der Waals surface area (Å²) in [7, 11) is -1.80. The molecule has 0 saturated heterocycles. The van der Waals surface area contributed by atoms with Gasteiger partial charge in [-0.05, 0) is 29.8 Å². The van der Waals surface area contributed by atoms with Gasteiger partial charge in [-0.15, -0.1) is 0 Å². The quantitative estimate of drug-likeness (QED) is 0.695. The highest BCUT2D eigenvalue weighted by Crippen LogP contribution is 2.38. The summed E-state index contributed by atoms with van der Waals surface area (Å²) in [5.41, 5.74) is 1.90. The van der Waals surface area contributed by atoms with Gasteiger partial charge in [0.25, 0.3) is 0 Å². The van der Waals surface area contributed by atoms with E-state index in [1.165, 1.54) is 6.39 Å². The van der Waals surface area contributed by atoms with E-state index in [4.69, 9.17) is 20.4 Å². The molecule has 0 fully saturated rings. The van der Waals surface area contributed by atoms with Gasteiger partial charge < -0.3 is 8.84 Å². The van der Waals surface area contributed by atoms with E-state index in [1.807, 2.05) is 18.2 Å². The predicted molar refractivity (Wildman–Crippen MR) is 88.9 cm³/mol. The van der Waals surface area contributed by atoms with Crippen molar-refractivity contribution in [3.05, 3.63) is 41.4 Å². The normalized spacial score (nSPS) is 12.7.